The minimum Gasteiger partial charge on any atom is -0.481 e. The highest BCUT2D eigenvalue weighted by Gasteiger charge is 2.27. The molecule has 0 aromatic carbocycles. The molecule has 2 heterocycles. The number of hydrogen-bond acceptors (Lipinski definition) is 4. The lowest BCUT2D eigenvalue weighted by atomic mass is 9.90. The van der Waals surface area contributed by atoms with Crippen molar-refractivity contribution >= 4 is 5.69 Å². The molecule has 0 aliphatic carbocycles. The Morgan fingerprint density at radius 2 is 2.41 bits per heavy atom. The van der Waals surface area contributed by atoms with Crippen LogP contribution in [0.1, 0.15) is 19.8 Å². The molecule has 0 radical (unpaired) electrons. The fraction of sp³-hybridized carbons (Fsp3) is 0.615. The fourth-order valence-corrected chi connectivity index (χ4v) is 2.62. The van der Waals surface area contributed by atoms with Crippen LogP contribution in [0.5, 0.6) is 5.88 Å². The van der Waals surface area contributed by atoms with Crippen LogP contribution < -0.4 is 15.4 Å². The number of rotatable bonds is 3. The Morgan fingerprint density at radius 3 is 3.12 bits per heavy atom. The largest absolute Gasteiger partial charge is 0.481 e. The molecule has 2 atom stereocenters. The molecule has 0 amide bonds. The summed E-state index contributed by atoms with van der Waals surface area (Å²) >= 11 is 0. The summed E-state index contributed by atoms with van der Waals surface area (Å²) in [5, 5.41) is 0. The molecule has 0 spiro atoms. The molecule has 4 heteroatoms. The normalized spacial score (nSPS) is 24.8. The van der Waals surface area contributed by atoms with E-state index in [4.69, 9.17) is 10.5 Å². The maximum atomic E-state index is 5.90. The van der Waals surface area contributed by atoms with E-state index >= 15 is 0 Å². The van der Waals surface area contributed by atoms with E-state index in [9.17, 15) is 0 Å². The van der Waals surface area contributed by atoms with Crippen molar-refractivity contribution in [3.05, 3.63) is 18.3 Å². The summed E-state index contributed by atoms with van der Waals surface area (Å²) < 4.78 is 5.17. The van der Waals surface area contributed by atoms with Gasteiger partial charge >= 0.3 is 0 Å². The van der Waals surface area contributed by atoms with Crippen molar-refractivity contribution in [2.24, 2.45) is 11.7 Å². The summed E-state index contributed by atoms with van der Waals surface area (Å²) in [7, 11) is 1.64. The second kappa shape index (κ2) is 5.36. The van der Waals surface area contributed by atoms with Gasteiger partial charge in [-0.15, -0.1) is 0 Å². The van der Waals surface area contributed by atoms with E-state index < -0.39 is 0 Å². The number of anilines is 1. The van der Waals surface area contributed by atoms with Gasteiger partial charge in [0.1, 0.15) is 0 Å². The van der Waals surface area contributed by atoms with Crippen LogP contribution in [0.2, 0.25) is 0 Å². The van der Waals surface area contributed by atoms with Crippen LogP contribution >= 0.6 is 0 Å². The third-order valence-corrected chi connectivity index (χ3v) is 3.62. The first kappa shape index (κ1) is 12.2. The predicted molar refractivity (Wildman–Crippen MR) is 69.4 cm³/mol. The molecular formula is C13H21N3O. The van der Waals surface area contributed by atoms with E-state index in [1.165, 1.54) is 18.5 Å². The molecule has 0 bridgehead atoms. The van der Waals surface area contributed by atoms with Gasteiger partial charge in [0.2, 0.25) is 5.88 Å². The Balaban J connectivity index is 2.23. The number of hydrogen-bond donors (Lipinski definition) is 1. The average Bonchev–Trinajstić information content (AvgIpc) is 2.38. The number of pyridine rings is 1. The highest BCUT2D eigenvalue weighted by Crippen LogP contribution is 2.29. The zero-order chi connectivity index (χ0) is 12.3. The van der Waals surface area contributed by atoms with Crippen molar-refractivity contribution in [2.75, 3.05) is 25.1 Å². The average molecular weight is 235 g/mol. The first-order valence-corrected chi connectivity index (χ1v) is 6.23. The molecule has 17 heavy (non-hydrogen) atoms. The van der Waals surface area contributed by atoms with Gasteiger partial charge in [-0.05, 0) is 24.8 Å². The molecule has 2 unspecified atom stereocenters. The zero-order valence-electron chi connectivity index (χ0n) is 10.6. The minimum atomic E-state index is 0.427. The fourth-order valence-electron chi connectivity index (χ4n) is 2.62. The van der Waals surface area contributed by atoms with Crippen LogP contribution in [0.15, 0.2) is 18.3 Å². The van der Waals surface area contributed by atoms with Gasteiger partial charge in [-0.2, -0.15) is 0 Å². The van der Waals surface area contributed by atoms with Crippen LogP contribution in [0.25, 0.3) is 0 Å². The monoisotopic (exact) mass is 235 g/mol. The molecule has 1 aromatic rings. The number of nitrogens with two attached hydrogens (primary N) is 1. The van der Waals surface area contributed by atoms with Crippen LogP contribution in [-0.2, 0) is 0 Å². The van der Waals surface area contributed by atoms with Gasteiger partial charge in [-0.3, -0.25) is 0 Å². The van der Waals surface area contributed by atoms with Gasteiger partial charge in [-0.1, -0.05) is 6.92 Å². The molecule has 1 aromatic heterocycles. The number of methoxy groups -OCH3 is 1. The Kier molecular flexibility index (Phi) is 3.84. The second-order valence-corrected chi connectivity index (χ2v) is 4.67. The first-order chi connectivity index (χ1) is 8.26. The van der Waals surface area contributed by atoms with Crippen LogP contribution in [0.4, 0.5) is 5.69 Å². The van der Waals surface area contributed by atoms with E-state index in [-0.39, 0.29) is 0 Å². The lowest BCUT2D eigenvalue weighted by Crippen LogP contribution is -2.48. The van der Waals surface area contributed by atoms with Crippen LogP contribution in [0, 0.1) is 5.92 Å². The van der Waals surface area contributed by atoms with Gasteiger partial charge in [0.05, 0.1) is 7.11 Å². The number of ether oxygens (including phenoxy) is 1. The van der Waals surface area contributed by atoms with Crippen molar-refractivity contribution in [1.29, 1.82) is 0 Å². The molecule has 1 aliphatic rings. The van der Waals surface area contributed by atoms with Gasteiger partial charge in [0.15, 0.2) is 0 Å². The van der Waals surface area contributed by atoms with Gasteiger partial charge in [0.25, 0.3) is 0 Å². The van der Waals surface area contributed by atoms with E-state index in [1.54, 1.807) is 13.3 Å². The highest BCUT2D eigenvalue weighted by molar-refractivity contribution is 5.49. The summed E-state index contributed by atoms with van der Waals surface area (Å²) in [4.78, 5) is 6.53. The van der Waals surface area contributed by atoms with E-state index in [0.29, 0.717) is 24.4 Å². The Hall–Kier alpha value is -1.29. The van der Waals surface area contributed by atoms with E-state index in [1.807, 2.05) is 12.1 Å². The zero-order valence-corrected chi connectivity index (χ0v) is 10.6. The summed E-state index contributed by atoms with van der Waals surface area (Å²) in [5.41, 5.74) is 7.07. The van der Waals surface area contributed by atoms with Crippen molar-refractivity contribution in [3.63, 3.8) is 0 Å². The second-order valence-electron chi connectivity index (χ2n) is 4.67. The van der Waals surface area contributed by atoms with Crippen molar-refractivity contribution in [3.8, 4) is 5.88 Å². The van der Waals surface area contributed by atoms with Crippen molar-refractivity contribution < 1.29 is 4.74 Å². The topological polar surface area (TPSA) is 51.4 Å². The van der Waals surface area contributed by atoms with Crippen molar-refractivity contribution in [1.82, 2.24) is 4.98 Å². The molecular weight excluding hydrogens is 214 g/mol. The molecule has 1 fully saturated rings. The lowest BCUT2D eigenvalue weighted by Gasteiger charge is -2.41. The van der Waals surface area contributed by atoms with E-state index in [0.717, 1.165) is 6.54 Å². The van der Waals surface area contributed by atoms with Gasteiger partial charge < -0.3 is 15.4 Å². The highest BCUT2D eigenvalue weighted by atomic mass is 16.5. The van der Waals surface area contributed by atoms with Crippen molar-refractivity contribution in [2.45, 2.75) is 25.8 Å². The standard InChI is InChI=1S/C13H21N3O/c1-10-4-3-7-16(12(10)9-14)11-5-6-15-13(8-11)17-2/h5-6,8,10,12H,3-4,7,9,14H2,1-2H3. The van der Waals surface area contributed by atoms with Gasteiger partial charge in [-0.25, -0.2) is 4.98 Å². The molecule has 1 saturated heterocycles. The summed E-state index contributed by atoms with van der Waals surface area (Å²) in [6.45, 7) is 4.05. The molecule has 0 saturated carbocycles. The SMILES string of the molecule is COc1cc(N2CCCC(C)C2CN)ccn1. The number of nitrogens with zero attached hydrogens (tertiary/aromatic N) is 2. The number of aromatic nitrogens is 1. The molecule has 94 valence electrons. The molecule has 2 N–H and O–H groups in total. The maximum absolute atomic E-state index is 5.90. The maximum Gasteiger partial charge on any atom is 0.214 e. The van der Waals surface area contributed by atoms with Gasteiger partial charge in [0, 0.05) is 37.1 Å². The quantitative estimate of drug-likeness (QED) is 0.865. The Bertz CT molecular complexity index is 369. The third-order valence-electron chi connectivity index (χ3n) is 3.62. The molecule has 2 rings (SSSR count). The lowest BCUT2D eigenvalue weighted by molar-refractivity contribution is 0.348. The predicted octanol–water partition coefficient (Wildman–Crippen LogP) is 1.65. The van der Waals surface area contributed by atoms with Crippen LogP contribution in [0.3, 0.4) is 0 Å². The summed E-state index contributed by atoms with van der Waals surface area (Å²) in [6, 6.07) is 4.44. The minimum absolute atomic E-state index is 0.427. The summed E-state index contributed by atoms with van der Waals surface area (Å²) in [5.74, 6) is 1.31. The number of piperidine rings is 1. The van der Waals surface area contributed by atoms with E-state index in [2.05, 4.69) is 16.8 Å². The molecule has 1 aliphatic heterocycles. The molecule has 4 nitrogen and oxygen atoms in total. The van der Waals surface area contributed by atoms with Crippen LogP contribution in [-0.4, -0.2) is 31.2 Å². The smallest absolute Gasteiger partial charge is 0.214 e. The Morgan fingerprint density at radius 1 is 1.59 bits per heavy atom. The Labute approximate surface area is 103 Å². The first-order valence-electron chi connectivity index (χ1n) is 6.23. The summed E-state index contributed by atoms with van der Waals surface area (Å²) in [6.07, 6.45) is 4.28. The third kappa shape index (κ3) is 2.52.